The molecule has 1 aliphatic carbocycles. The Morgan fingerprint density at radius 1 is 1.31 bits per heavy atom. The first-order valence-corrected chi connectivity index (χ1v) is 5.86. The number of likely N-dealkylation sites (tertiary alicyclic amines) is 1. The second-order valence-corrected chi connectivity index (χ2v) is 5.18. The molecule has 3 unspecified atom stereocenters. The van der Waals surface area contributed by atoms with Crippen molar-refractivity contribution in [1.29, 1.82) is 0 Å². The molecule has 1 saturated heterocycles. The smallest absolute Gasteiger partial charge is 0.0104 e. The molecule has 3 atom stereocenters. The summed E-state index contributed by atoms with van der Waals surface area (Å²) in [4.78, 5) is 2.61. The quantitative estimate of drug-likeness (QED) is 0.633. The maximum atomic E-state index is 2.61. The van der Waals surface area contributed by atoms with E-state index in [1.165, 1.54) is 25.7 Å². The Morgan fingerprint density at radius 2 is 1.92 bits per heavy atom. The molecule has 0 radical (unpaired) electrons. The predicted molar refractivity (Wildman–Crippen MR) is 56.8 cm³/mol. The molecule has 1 aliphatic heterocycles. The van der Waals surface area contributed by atoms with Gasteiger partial charge in [0.1, 0.15) is 0 Å². The van der Waals surface area contributed by atoms with E-state index in [1.807, 2.05) is 0 Å². The van der Waals surface area contributed by atoms with Gasteiger partial charge in [-0.1, -0.05) is 26.7 Å². The molecule has 1 heterocycles. The summed E-state index contributed by atoms with van der Waals surface area (Å²) in [6, 6.07) is 1.73. The van der Waals surface area contributed by atoms with E-state index in [4.69, 9.17) is 0 Å². The van der Waals surface area contributed by atoms with Crippen LogP contribution in [0.5, 0.6) is 0 Å². The lowest BCUT2D eigenvalue weighted by molar-refractivity contribution is 0.0564. The van der Waals surface area contributed by atoms with Gasteiger partial charge in [-0.2, -0.15) is 0 Å². The van der Waals surface area contributed by atoms with Gasteiger partial charge in [-0.3, -0.25) is 0 Å². The predicted octanol–water partition coefficient (Wildman–Crippen LogP) is 2.91. The second-order valence-electron chi connectivity index (χ2n) is 5.18. The van der Waals surface area contributed by atoms with E-state index < -0.39 is 0 Å². The van der Waals surface area contributed by atoms with Gasteiger partial charge in [0, 0.05) is 12.1 Å². The highest BCUT2D eigenvalue weighted by atomic mass is 15.2. The summed E-state index contributed by atoms with van der Waals surface area (Å²) in [5, 5.41) is 0. The van der Waals surface area contributed by atoms with Gasteiger partial charge in [0.25, 0.3) is 0 Å². The number of hydrogen-bond donors (Lipinski definition) is 0. The van der Waals surface area contributed by atoms with Gasteiger partial charge in [-0.25, -0.2) is 0 Å². The van der Waals surface area contributed by atoms with Gasteiger partial charge in [0.05, 0.1) is 0 Å². The van der Waals surface area contributed by atoms with Crippen LogP contribution in [0.25, 0.3) is 0 Å². The Bertz CT molecular complexity index is 193. The maximum Gasteiger partial charge on any atom is 0.0104 e. The summed E-state index contributed by atoms with van der Waals surface area (Å²) in [6.07, 6.45) is 5.72. The summed E-state index contributed by atoms with van der Waals surface area (Å²) in [5.41, 5.74) is 0.705. The van der Waals surface area contributed by atoms with Gasteiger partial charge in [0.2, 0.25) is 0 Å². The Hall–Kier alpha value is -0.0400. The van der Waals surface area contributed by atoms with Crippen molar-refractivity contribution in [2.75, 3.05) is 7.05 Å². The van der Waals surface area contributed by atoms with Crippen molar-refractivity contribution in [2.45, 2.75) is 58.5 Å². The largest absolute Gasteiger partial charge is 0.300 e. The molecule has 2 fully saturated rings. The van der Waals surface area contributed by atoms with Crippen molar-refractivity contribution in [3.05, 3.63) is 0 Å². The van der Waals surface area contributed by atoms with E-state index in [0.29, 0.717) is 5.41 Å². The SMILES string of the molecule is CCC1(CC)CC2CC1C(C)N2C. The summed E-state index contributed by atoms with van der Waals surface area (Å²) in [5.74, 6) is 0.984. The van der Waals surface area contributed by atoms with Crippen molar-refractivity contribution in [3.8, 4) is 0 Å². The molecule has 2 rings (SSSR count). The molecule has 1 saturated carbocycles. The minimum atomic E-state index is 0.705. The standard InChI is InChI=1S/C12H23N/c1-5-12(6-2)8-10-7-11(12)9(3)13(10)4/h9-11H,5-8H2,1-4H3. The lowest BCUT2D eigenvalue weighted by Gasteiger charge is -2.43. The molecule has 0 spiro atoms. The maximum absolute atomic E-state index is 2.61. The third kappa shape index (κ3) is 1.09. The summed E-state index contributed by atoms with van der Waals surface area (Å²) in [7, 11) is 2.31. The molecular formula is C12H23N. The van der Waals surface area contributed by atoms with Crippen molar-refractivity contribution in [2.24, 2.45) is 11.3 Å². The first-order chi connectivity index (χ1) is 6.14. The van der Waals surface area contributed by atoms with Crippen LogP contribution in [0.4, 0.5) is 0 Å². The first-order valence-electron chi connectivity index (χ1n) is 5.86. The summed E-state index contributed by atoms with van der Waals surface area (Å²) < 4.78 is 0. The number of nitrogens with zero attached hydrogens (tertiary/aromatic N) is 1. The Kier molecular flexibility index (Phi) is 2.18. The molecule has 0 amide bonds. The molecule has 2 bridgehead atoms. The molecule has 0 aromatic heterocycles. The highest BCUT2D eigenvalue weighted by Gasteiger charge is 2.54. The molecule has 1 nitrogen and oxygen atoms in total. The van der Waals surface area contributed by atoms with Gasteiger partial charge in [0.15, 0.2) is 0 Å². The van der Waals surface area contributed by atoms with Crippen LogP contribution in [-0.2, 0) is 0 Å². The summed E-state index contributed by atoms with van der Waals surface area (Å²) in [6.45, 7) is 7.19. The Morgan fingerprint density at radius 3 is 2.31 bits per heavy atom. The van der Waals surface area contributed by atoms with Gasteiger partial charge in [-0.05, 0) is 38.1 Å². The normalized spacial score (nSPS) is 42.9. The second kappa shape index (κ2) is 2.98. The molecule has 13 heavy (non-hydrogen) atoms. The number of rotatable bonds is 2. The van der Waals surface area contributed by atoms with E-state index in [-0.39, 0.29) is 0 Å². The fraction of sp³-hybridized carbons (Fsp3) is 1.00. The zero-order chi connectivity index (χ0) is 9.64. The van der Waals surface area contributed by atoms with E-state index >= 15 is 0 Å². The summed E-state index contributed by atoms with van der Waals surface area (Å²) >= 11 is 0. The van der Waals surface area contributed by atoms with Crippen molar-refractivity contribution >= 4 is 0 Å². The average Bonchev–Trinajstić information content (AvgIpc) is 2.65. The van der Waals surface area contributed by atoms with E-state index in [9.17, 15) is 0 Å². The minimum Gasteiger partial charge on any atom is -0.300 e. The highest BCUT2D eigenvalue weighted by Crippen LogP contribution is 2.56. The zero-order valence-electron chi connectivity index (χ0n) is 9.51. The molecule has 76 valence electrons. The van der Waals surface area contributed by atoms with Crippen LogP contribution in [0, 0.1) is 11.3 Å². The van der Waals surface area contributed by atoms with Crippen molar-refractivity contribution in [3.63, 3.8) is 0 Å². The number of fused-ring (bicyclic) bond motifs is 2. The lowest BCUT2D eigenvalue weighted by Crippen LogP contribution is -2.44. The van der Waals surface area contributed by atoms with E-state index in [2.05, 4.69) is 32.7 Å². The Labute approximate surface area is 82.5 Å². The van der Waals surface area contributed by atoms with E-state index in [0.717, 1.165) is 18.0 Å². The third-order valence-corrected chi connectivity index (χ3v) is 5.16. The zero-order valence-corrected chi connectivity index (χ0v) is 9.51. The van der Waals surface area contributed by atoms with Gasteiger partial charge < -0.3 is 4.90 Å². The minimum absolute atomic E-state index is 0.705. The fourth-order valence-electron chi connectivity index (χ4n) is 3.95. The number of piperidine rings is 1. The molecule has 0 aromatic rings. The van der Waals surface area contributed by atoms with Crippen LogP contribution in [0.2, 0.25) is 0 Å². The van der Waals surface area contributed by atoms with Gasteiger partial charge in [-0.15, -0.1) is 0 Å². The molecular weight excluding hydrogens is 158 g/mol. The molecule has 0 N–H and O–H groups in total. The molecule has 0 aromatic carbocycles. The topological polar surface area (TPSA) is 3.24 Å². The first kappa shape index (κ1) is 9.51. The monoisotopic (exact) mass is 181 g/mol. The van der Waals surface area contributed by atoms with Crippen LogP contribution < -0.4 is 0 Å². The number of hydrogen-bond acceptors (Lipinski definition) is 1. The molecule has 1 heteroatoms. The van der Waals surface area contributed by atoms with Crippen LogP contribution >= 0.6 is 0 Å². The Balaban J connectivity index is 2.21. The fourth-order valence-corrected chi connectivity index (χ4v) is 3.95. The third-order valence-electron chi connectivity index (χ3n) is 5.16. The van der Waals surface area contributed by atoms with Crippen molar-refractivity contribution < 1.29 is 0 Å². The van der Waals surface area contributed by atoms with Gasteiger partial charge >= 0.3 is 0 Å². The molecule has 2 aliphatic rings. The van der Waals surface area contributed by atoms with Crippen LogP contribution in [0.1, 0.15) is 46.5 Å². The average molecular weight is 181 g/mol. The van der Waals surface area contributed by atoms with E-state index in [1.54, 1.807) is 0 Å². The van der Waals surface area contributed by atoms with Crippen LogP contribution in [0.3, 0.4) is 0 Å². The lowest BCUT2D eigenvalue weighted by atomic mass is 9.69. The van der Waals surface area contributed by atoms with Crippen LogP contribution in [0.15, 0.2) is 0 Å². The van der Waals surface area contributed by atoms with Crippen LogP contribution in [-0.4, -0.2) is 24.0 Å². The van der Waals surface area contributed by atoms with Crippen molar-refractivity contribution in [1.82, 2.24) is 4.90 Å². The highest BCUT2D eigenvalue weighted by molar-refractivity contribution is 5.07.